The topological polar surface area (TPSA) is 12.0 Å². The molecule has 2 heteroatoms. The van der Waals surface area contributed by atoms with Crippen LogP contribution in [0.3, 0.4) is 0 Å². The number of fused-ring (bicyclic) bond motifs is 2. The van der Waals surface area contributed by atoms with Crippen molar-refractivity contribution in [3.63, 3.8) is 0 Å². The first-order valence-corrected chi connectivity index (χ1v) is 8.35. The fraction of sp³-hybridized carbons (Fsp3) is 1.00. The van der Waals surface area contributed by atoms with Crippen LogP contribution in [0.2, 0.25) is 0 Å². The third-order valence-electron chi connectivity index (χ3n) is 5.06. The fourth-order valence-electron chi connectivity index (χ4n) is 4.05. The maximum absolute atomic E-state index is 3.77. The van der Waals surface area contributed by atoms with Gasteiger partial charge >= 0.3 is 0 Å². The molecule has 0 aromatic carbocycles. The molecule has 1 saturated heterocycles. The van der Waals surface area contributed by atoms with Crippen LogP contribution in [0.5, 0.6) is 0 Å². The van der Waals surface area contributed by atoms with E-state index in [2.05, 4.69) is 17.1 Å². The zero-order chi connectivity index (χ0) is 10.8. The van der Waals surface area contributed by atoms with Gasteiger partial charge < -0.3 is 5.32 Å². The average Bonchev–Trinajstić information content (AvgIpc) is 2.92. The first-order chi connectivity index (χ1) is 7.92. The minimum absolute atomic E-state index is 0.986. The van der Waals surface area contributed by atoms with Crippen LogP contribution < -0.4 is 5.32 Å². The third kappa shape index (κ3) is 2.59. The third-order valence-corrected chi connectivity index (χ3v) is 6.11. The molecular weight excluding hydrogens is 214 g/mol. The lowest BCUT2D eigenvalue weighted by atomic mass is 9.88. The summed E-state index contributed by atoms with van der Waals surface area (Å²) in [4.78, 5) is 0. The second kappa shape index (κ2) is 5.30. The molecule has 3 aliphatic rings. The molecule has 2 aliphatic carbocycles. The van der Waals surface area contributed by atoms with Crippen molar-refractivity contribution in [2.24, 2.45) is 23.7 Å². The van der Waals surface area contributed by atoms with Crippen molar-refractivity contribution >= 4 is 11.8 Å². The lowest BCUT2D eigenvalue weighted by molar-refractivity contribution is 0.308. The minimum Gasteiger partial charge on any atom is -0.316 e. The van der Waals surface area contributed by atoms with Gasteiger partial charge in [-0.2, -0.15) is 11.8 Å². The first-order valence-electron chi connectivity index (χ1n) is 7.20. The van der Waals surface area contributed by atoms with Crippen LogP contribution in [0.15, 0.2) is 0 Å². The highest BCUT2D eigenvalue weighted by atomic mass is 32.2. The van der Waals surface area contributed by atoms with Gasteiger partial charge in [0.25, 0.3) is 0 Å². The highest BCUT2D eigenvalue weighted by Gasteiger charge is 2.38. The Morgan fingerprint density at radius 1 is 0.938 bits per heavy atom. The first kappa shape index (κ1) is 11.4. The van der Waals surface area contributed by atoms with Crippen LogP contribution in [0.25, 0.3) is 0 Å². The Morgan fingerprint density at radius 3 is 2.50 bits per heavy atom. The molecule has 0 radical (unpaired) electrons. The van der Waals surface area contributed by atoms with E-state index in [0.29, 0.717) is 0 Å². The van der Waals surface area contributed by atoms with Crippen LogP contribution in [0.4, 0.5) is 0 Å². The van der Waals surface area contributed by atoms with E-state index in [1.165, 1.54) is 50.3 Å². The van der Waals surface area contributed by atoms with Gasteiger partial charge in [-0.1, -0.05) is 6.42 Å². The molecule has 0 aromatic heterocycles. The quantitative estimate of drug-likeness (QED) is 0.809. The highest BCUT2D eigenvalue weighted by Crippen LogP contribution is 2.47. The number of thioether (sulfide) groups is 1. The summed E-state index contributed by atoms with van der Waals surface area (Å²) in [5.41, 5.74) is 0. The summed E-state index contributed by atoms with van der Waals surface area (Å²) < 4.78 is 0. The summed E-state index contributed by atoms with van der Waals surface area (Å²) in [6.45, 7) is 2.62. The van der Waals surface area contributed by atoms with Gasteiger partial charge in [0, 0.05) is 0 Å². The maximum Gasteiger partial charge on any atom is -0.00176 e. The minimum atomic E-state index is 0.986. The van der Waals surface area contributed by atoms with E-state index < -0.39 is 0 Å². The molecule has 1 nitrogen and oxygen atoms in total. The smallest absolute Gasteiger partial charge is 0.00176 e. The molecule has 0 amide bonds. The van der Waals surface area contributed by atoms with Crippen molar-refractivity contribution in [2.75, 3.05) is 24.6 Å². The van der Waals surface area contributed by atoms with E-state index in [1.54, 1.807) is 12.8 Å². The van der Waals surface area contributed by atoms with Gasteiger partial charge in [0.1, 0.15) is 0 Å². The molecule has 92 valence electrons. The number of rotatable bonds is 4. The zero-order valence-corrected chi connectivity index (χ0v) is 11.1. The van der Waals surface area contributed by atoms with Gasteiger partial charge in [-0.15, -0.1) is 0 Å². The Kier molecular flexibility index (Phi) is 3.78. The van der Waals surface area contributed by atoms with E-state index >= 15 is 0 Å². The standard InChI is InChI=1S/C14H25NS/c1-2-13-7-12(1)8-14(13)10-15-9-11-3-5-16-6-4-11/h11-15H,1-10H2. The molecule has 3 rings (SSSR count). The molecule has 1 N–H and O–H groups in total. The zero-order valence-electron chi connectivity index (χ0n) is 10.3. The van der Waals surface area contributed by atoms with Crippen LogP contribution >= 0.6 is 11.8 Å². The number of hydrogen-bond donors (Lipinski definition) is 1. The molecule has 0 spiro atoms. The van der Waals surface area contributed by atoms with Crippen LogP contribution in [0.1, 0.15) is 38.5 Å². The largest absolute Gasteiger partial charge is 0.316 e. The summed E-state index contributed by atoms with van der Waals surface area (Å²) >= 11 is 2.14. The summed E-state index contributed by atoms with van der Waals surface area (Å²) in [6, 6.07) is 0. The van der Waals surface area contributed by atoms with Crippen LogP contribution in [0, 0.1) is 23.7 Å². The SMILES string of the molecule is C1CC(CNCC2CC3CCC2C3)CCS1. The maximum atomic E-state index is 3.77. The molecule has 16 heavy (non-hydrogen) atoms. The second-order valence-corrected chi connectivity index (χ2v) is 7.37. The molecule has 0 aromatic rings. The number of nitrogens with one attached hydrogen (secondary N) is 1. The van der Waals surface area contributed by atoms with E-state index in [4.69, 9.17) is 0 Å². The summed E-state index contributed by atoms with van der Waals surface area (Å²) in [5, 5.41) is 3.77. The predicted molar refractivity (Wildman–Crippen MR) is 71.9 cm³/mol. The highest BCUT2D eigenvalue weighted by molar-refractivity contribution is 7.99. The van der Waals surface area contributed by atoms with Crippen molar-refractivity contribution in [3.05, 3.63) is 0 Å². The normalized spacial score (nSPS) is 39.4. The van der Waals surface area contributed by atoms with Crippen molar-refractivity contribution in [1.82, 2.24) is 5.32 Å². The Bertz CT molecular complexity index is 225. The van der Waals surface area contributed by atoms with Gasteiger partial charge in [0.15, 0.2) is 0 Å². The Hall–Kier alpha value is 0.310. The summed E-state index contributed by atoms with van der Waals surface area (Å²) in [5.74, 6) is 7.04. The van der Waals surface area contributed by atoms with Crippen molar-refractivity contribution in [3.8, 4) is 0 Å². The summed E-state index contributed by atoms with van der Waals surface area (Å²) in [7, 11) is 0. The van der Waals surface area contributed by atoms with E-state index in [9.17, 15) is 0 Å². The van der Waals surface area contributed by atoms with Crippen molar-refractivity contribution < 1.29 is 0 Å². The molecule has 3 unspecified atom stereocenters. The van der Waals surface area contributed by atoms with Crippen LogP contribution in [-0.4, -0.2) is 24.6 Å². The predicted octanol–water partition coefficient (Wildman–Crippen LogP) is 3.16. The van der Waals surface area contributed by atoms with Gasteiger partial charge in [-0.25, -0.2) is 0 Å². The van der Waals surface area contributed by atoms with Gasteiger partial charge in [-0.3, -0.25) is 0 Å². The van der Waals surface area contributed by atoms with Crippen molar-refractivity contribution in [1.29, 1.82) is 0 Å². The monoisotopic (exact) mass is 239 g/mol. The average molecular weight is 239 g/mol. The van der Waals surface area contributed by atoms with Gasteiger partial charge in [0.2, 0.25) is 0 Å². The van der Waals surface area contributed by atoms with Crippen molar-refractivity contribution in [2.45, 2.75) is 38.5 Å². The molecule has 2 saturated carbocycles. The second-order valence-electron chi connectivity index (χ2n) is 6.15. The van der Waals surface area contributed by atoms with E-state index in [1.807, 2.05) is 0 Å². The van der Waals surface area contributed by atoms with E-state index in [-0.39, 0.29) is 0 Å². The lowest BCUT2D eigenvalue weighted by Crippen LogP contribution is -2.31. The Balaban J connectivity index is 1.34. The molecule has 1 aliphatic heterocycles. The van der Waals surface area contributed by atoms with Crippen LogP contribution in [-0.2, 0) is 0 Å². The van der Waals surface area contributed by atoms with Gasteiger partial charge in [0.05, 0.1) is 0 Å². The summed E-state index contributed by atoms with van der Waals surface area (Å²) in [6.07, 6.45) is 9.09. The molecule has 3 fully saturated rings. The molecular formula is C14H25NS. The lowest BCUT2D eigenvalue weighted by Gasteiger charge is -2.25. The molecule has 1 heterocycles. The molecule has 3 atom stereocenters. The number of hydrogen-bond acceptors (Lipinski definition) is 2. The van der Waals surface area contributed by atoms with E-state index in [0.717, 1.165) is 23.7 Å². The Morgan fingerprint density at radius 2 is 1.81 bits per heavy atom. The molecule has 2 bridgehead atoms. The fourth-order valence-corrected chi connectivity index (χ4v) is 5.25. The van der Waals surface area contributed by atoms with Gasteiger partial charge in [-0.05, 0) is 80.4 Å². The Labute approximate surface area is 104 Å².